The van der Waals surface area contributed by atoms with Gasteiger partial charge in [0.2, 0.25) is 5.91 Å². The lowest BCUT2D eigenvalue weighted by molar-refractivity contribution is -0.113. The van der Waals surface area contributed by atoms with Crippen molar-refractivity contribution in [2.45, 2.75) is 12.2 Å². The quantitative estimate of drug-likeness (QED) is 0.408. The predicted octanol–water partition coefficient (Wildman–Crippen LogP) is 5.64. The molecule has 0 unspecified atom stereocenters. The summed E-state index contributed by atoms with van der Waals surface area (Å²) in [6.07, 6.45) is 0. The van der Waals surface area contributed by atoms with Crippen LogP contribution < -0.4 is 14.8 Å². The van der Waals surface area contributed by atoms with Gasteiger partial charge in [-0.1, -0.05) is 54.1 Å². The standard InChI is InChI=1S/C27H25N3O3S/c1-17-9-12-20(13-10-17)30-27-24(25(29-30)18-7-5-4-6-8-18)26(34-16-23(31)28-27)19-11-14-21(32-2)22(15-19)33-3/h4-15,26H,16H2,1-3H3,(H,28,31)/t26-/m1/s1. The number of carbonyl (C=O) groups excluding carboxylic acids is 1. The van der Waals surface area contributed by atoms with Crippen molar-refractivity contribution in [3.8, 4) is 28.4 Å². The van der Waals surface area contributed by atoms with E-state index in [4.69, 9.17) is 14.6 Å². The van der Waals surface area contributed by atoms with Gasteiger partial charge in [0, 0.05) is 11.1 Å². The Morgan fingerprint density at radius 3 is 2.41 bits per heavy atom. The highest BCUT2D eigenvalue weighted by Crippen LogP contribution is 2.48. The van der Waals surface area contributed by atoms with E-state index in [2.05, 4.69) is 5.32 Å². The van der Waals surface area contributed by atoms with E-state index in [0.717, 1.165) is 33.6 Å². The summed E-state index contributed by atoms with van der Waals surface area (Å²) in [4.78, 5) is 12.8. The second kappa shape index (κ2) is 9.27. The van der Waals surface area contributed by atoms with Crippen molar-refractivity contribution in [2.24, 2.45) is 0 Å². The predicted molar refractivity (Wildman–Crippen MR) is 136 cm³/mol. The smallest absolute Gasteiger partial charge is 0.235 e. The molecule has 1 aromatic heterocycles. The molecule has 0 spiro atoms. The second-order valence-electron chi connectivity index (χ2n) is 8.08. The van der Waals surface area contributed by atoms with Crippen LogP contribution in [-0.4, -0.2) is 35.7 Å². The second-order valence-corrected chi connectivity index (χ2v) is 9.17. The lowest BCUT2D eigenvalue weighted by Crippen LogP contribution is -2.15. The molecule has 4 aromatic rings. The Morgan fingerprint density at radius 1 is 0.971 bits per heavy atom. The van der Waals surface area contributed by atoms with Gasteiger partial charge in [-0.2, -0.15) is 5.10 Å². The first-order valence-corrected chi connectivity index (χ1v) is 12.0. The van der Waals surface area contributed by atoms with Crippen molar-refractivity contribution in [2.75, 3.05) is 25.3 Å². The molecule has 5 rings (SSSR count). The number of ether oxygens (including phenoxy) is 2. The molecule has 0 fully saturated rings. The number of rotatable bonds is 5. The molecule has 172 valence electrons. The molecule has 0 saturated heterocycles. The van der Waals surface area contributed by atoms with Gasteiger partial charge in [-0.15, -0.1) is 11.8 Å². The topological polar surface area (TPSA) is 65.4 Å². The fourth-order valence-electron chi connectivity index (χ4n) is 4.17. The van der Waals surface area contributed by atoms with Crippen LogP contribution in [0.4, 0.5) is 5.82 Å². The van der Waals surface area contributed by atoms with Crippen LogP contribution >= 0.6 is 11.8 Å². The lowest BCUT2D eigenvalue weighted by atomic mass is 9.99. The van der Waals surface area contributed by atoms with E-state index in [9.17, 15) is 4.79 Å². The maximum absolute atomic E-state index is 12.8. The van der Waals surface area contributed by atoms with E-state index in [1.165, 1.54) is 0 Å². The SMILES string of the molecule is COc1ccc([C@H]2SCC(=O)Nc3c2c(-c2ccccc2)nn3-c2ccc(C)cc2)cc1OC. The zero-order chi connectivity index (χ0) is 23.7. The molecular weight excluding hydrogens is 446 g/mol. The zero-order valence-electron chi connectivity index (χ0n) is 19.2. The van der Waals surface area contributed by atoms with E-state index in [0.29, 0.717) is 23.1 Å². The number of aromatic nitrogens is 2. The van der Waals surface area contributed by atoms with Gasteiger partial charge < -0.3 is 14.8 Å². The van der Waals surface area contributed by atoms with Crippen LogP contribution in [0.1, 0.15) is 21.9 Å². The number of nitrogens with one attached hydrogen (secondary N) is 1. The molecule has 1 aliphatic rings. The highest BCUT2D eigenvalue weighted by Gasteiger charge is 2.33. The van der Waals surface area contributed by atoms with Crippen molar-refractivity contribution in [3.05, 3.63) is 89.5 Å². The average molecular weight is 472 g/mol. The molecule has 1 aliphatic heterocycles. The van der Waals surface area contributed by atoms with Crippen LogP contribution in [0.2, 0.25) is 0 Å². The van der Waals surface area contributed by atoms with Crippen LogP contribution in [0.15, 0.2) is 72.8 Å². The number of carbonyl (C=O) groups is 1. The molecule has 7 heteroatoms. The fourth-order valence-corrected chi connectivity index (χ4v) is 5.29. The van der Waals surface area contributed by atoms with Gasteiger partial charge >= 0.3 is 0 Å². The van der Waals surface area contributed by atoms with Crippen molar-refractivity contribution in [1.82, 2.24) is 9.78 Å². The Kier molecular flexibility index (Phi) is 6.02. The van der Waals surface area contributed by atoms with Crippen LogP contribution in [-0.2, 0) is 4.79 Å². The number of hydrogen-bond donors (Lipinski definition) is 1. The van der Waals surface area contributed by atoms with Crippen LogP contribution in [0, 0.1) is 6.92 Å². The third-order valence-electron chi connectivity index (χ3n) is 5.86. The van der Waals surface area contributed by atoms with E-state index in [1.807, 2.05) is 84.4 Å². The summed E-state index contributed by atoms with van der Waals surface area (Å²) in [5.74, 6) is 2.28. The Bertz CT molecular complexity index is 1330. The van der Waals surface area contributed by atoms with Crippen LogP contribution in [0.25, 0.3) is 16.9 Å². The Hall–Kier alpha value is -3.71. The van der Waals surface area contributed by atoms with E-state index >= 15 is 0 Å². The highest BCUT2D eigenvalue weighted by atomic mass is 32.2. The van der Waals surface area contributed by atoms with Crippen LogP contribution in [0.5, 0.6) is 11.5 Å². The first-order valence-electron chi connectivity index (χ1n) is 11.0. The average Bonchev–Trinajstić information content (AvgIpc) is 3.14. The third kappa shape index (κ3) is 4.03. The first kappa shape index (κ1) is 22.1. The minimum Gasteiger partial charge on any atom is -0.493 e. The number of anilines is 1. The molecule has 0 bridgehead atoms. The Balaban J connectivity index is 1.76. The molecule has 0 saturated carbocycles. The number of amides is 1. The number of fused-ring (bicyclic) bond motifs is 1. The Labute approximate surface area is 202 Å². The molecule has 6 nitrogen and oxygen atoms in total. The van der Waals surface area contributed by atoms with Crippen molar-refractivity contribution >= 4 is 23.5 Å². The number of aryl methyl sites for hydroxylation is 1. The van der Waals surface area contributed by atoms with E-state index in [-0.39, 0.29) is 11.2 Å². The summed E-state index contributed by atoms with van der Waals surface area (Å²) < 4.78 is 12.9. The molecule has 3 aromatic carbocycles. The highest BCUT2D eigenvalue weighted by molar-refractivity contribution is 8.00. The number of hydrogen-bond acceptors (Lipinski definition) is 5. The summed E-state index contributed by atoms with van der Waals surface area (Å²) in [5.41, 5.74) is 5.86. The summed E-state index contributed by atoms with van der Waals surface area (Å²) in [6.45, 7) is 2.05. The van der Waals surface area contributed by atoms with Gasteiger partial charge in [0.25, 0.3) is 0 Å². The molecular formula is C27H25N3O3S. The summed E-state index contributed by atoms with van der Waals surface area (Å²) in [7, 11) is 3.25. The fraction of sp³-hybridized carbons (Fsp3) is 0.185. The van der Waals surface area contributed by atoms with E-state index in [1.54, 1.807) is 26.0 Å². The largest absolute Gasteiger partial charge is 0.493 e. The monoisotopic (exact) mass is 471 g/mol. The summed E-state index contributed by atoms with van der Waals surface area (Å²) in [5, 5.41) is 8.02. The minimum absolute atomic E-state index is 0.0536. The summed E-state index contributed by atoms with van der Waals surface area (Å²) in [6, 6.07) is 24.1. The molecule has 1 N–H and O–H groups in total. The van der Waals surface area contributed by atoms with Gasteiger partial charge in [0.05, 0.1) is 36.6 Å². The molecule has 0 radical (unpaired) electrons. The van der Waals surface area contributed by atoms with Crippen LogP contribution in [0.3, 0.4) is 0 Å². The number of nitrogens with zero attached hydrogens (tertiary/aromatic N) is 2. The maximum atomic E-state index is 12.8. The molecule has 34 heavy (non-hydrogen) atoms. The normalized spacial score (nSPS) is 15.3. The number of benzene rings is 3. The number of methoxy groups -OCH3 is 2. The zero-order valence-corrected chi connectivity index (χ0v) is 20.1. The summed E-state index contributed by atoms with van der Waals surface area (Å²) >= 11 is 1.58. The van der Waals surface area contributed by atoms with Gasteiger partial charge in [-0.3, -0.25) is 4.79 Å². The molecule has 2 heterocycles. The number of thioether (sulfide) groups is 1. The van der Waals surface area contributed by atoms with Crippen molar-refractivity contribution in [1.29, 1.82) is 0 Å². The Morgan fingerprint density at radius 2 is 1.71 bits per heavy atom. The van der Waals surface area contributed by atoms with Gasteiger partial charge in [-0.05, 0) is 36.8 Å². The molecule has 1 atom stereocenters. The third-order valence-corrected chi connectivity index (χ3v) is 7.13. The van der Waals surface area contributed by atoms with Gasteiger partial charge in [-0.25, -0.2) is 4.68 Å². The van der Waals surface area contributed by atoms with Gasteiger partial charge in [0.15, 0.2) is 11.5 Å². The molecule has 0 aliphatic carbocycles. The van der Waals surface area contributed by atoms with Gasteiger partial charge in [0.1, 0.15) is 5.82 Å². The lowest BCUT2D eigenvalue weighted by Gasteiger charge is -2.18. The molecule has 1 amide bonds. The van der Waals surface area contributed by atoms with Crippen molar-refractivity contribution in [3.63, 3.8) is 0 Å². The maximum Gasteiger partial charge on any atom is 0.235 e. The minimum atomic E-state index is -0.136. The van der Waals surface area contributed by atoms with E-state index < -0.39 is 0 Å². The van der Waals surface area contributed by atoms with Crippen molar-refractivity contribution < 1.29 is 14.3 Å². The first-order chi connectivity index (χ1) is 16.6.